The molecule has 0 heterocycles. The van der Waals surface area contributed by atoms with Crippen molar-refractivity contribution in [2.24, 2.45) is 0 Å². The molecule has 0 aliphatic carbocycles. The van der Waals surface area contributed by atoms with Crippen LogP contribution in [0.5, 0.6) is 11.5 Å². The zero-order valence-corrected chi connectivity index (χ0v) is 10.9. The van der Waals surface area contributed by atoms with Crippen LogP contribution in [0, 0.1) is 0 Å². The standard InChI is InChI=1S/C13H17NO5/c1-9(13(17)14-8-7-12(15)16)19-11-5-3-10(18-2)4-6-11/h3-6,9H,7-8H2,1-2H3,(H,14,17)(H,15,16)/t9-/m0/s1. The third-order valence-electron chi connectivity index (χ3n) is 2.38. The van der Waals surface area contributed by atoms with Gasteiger partial charge in [0.25, 0.3) is 5.91 Å². The topological polar surface area (TPSA) is 84.9 Å². The van der Waals surface area contributed by atoms with E-state index in [-0.39, 0.29) is 18.9 Å². The SMILES string of the molecule is COc1ccc(O[C@@H](C)C(=O)NCCC(=O)O)cc1. The number of ether oxygens (including phenoxy) is 2. The molecule has 1 rings (SSSR count). The van der Waals surface area contributed by atoms with Gasteiger partial charge in [-0.05, 0) is 31.2 Å². The van der Waals surface area contributed by atoms with Crippen LogP contribution < -0.4 is 14.8 Å². The molecular weight excluding hydrogens is 250 g/mol. The summed E-state index contributed by atoms with van der Waals surface area (Å²) < 4.78 is 10.4. The summed E-state index contributed by atoms with van der Waals surface area (Å²) in [7, 11) is 1.56. The number of carboxylic acids is 1. The number of amides is 1. The van der Waals surface area contributed by atoms with Crippen molar-refractivity contribution < 1.29 is 24.2 Å². The highest BCUT2D eigenvalue weighted by Crippen LogP contribution is 2.18. The molecular formula is C13H17NO5. The van der Waals surface area contributed by atoms with Gasteiger partial charge in [-0.15, -0.1) is 0 Å². The summed E-state index contributed by atoms with van der Waals surface area (Å²) in [6, 6.07) is 6.84. The summed E-state index contributed by atoms with van der Waals surface area (Å²) >= 11 is 0. The quantitative estimate of drug-likeness (QED) is 0.771. The zero-order valence-electron chi connectivity index (χ0n) is 10.9. The molecule has 0 fully saturated rings. The Balaban J connectivity index is 2.42. The predicted octanol–water partition coefficient (Wildman–Crippen LogP) is 1.05. The molecule has 0 bridgehead atoms. The number of carbonyl (C=O) groups is 2. The van der Waals surface area contributed by atoms with E-state index >= 15 is 0 Å². The second kappa shape index (κ2) is 7.25. The van der Waals surface area contributed by atoms with Gasteiger partial charge >= 0.3 is 5.97 Å². The first kappa shape index (κ1) is 14.8. The third-order valence-corrected chi connectivity index (χ3v) is 2.38. The summed E-state index contributed by atoms with van der Waals surface area (Å²) in [5.41, 5.74) is 0. The molecule has 0 saturated heterocycles. The summed E-state index contributed by atoms with van der Waals surface area (Å²) in [4.78, 5) is 21.9. The van der Waals surface area contributed by atoms with Crippen LogP contribution in [0.15, 0.2) is 24.3 Å². The Labute approximate surface area is 111 Å². The predicted molar refractivity (Wildman–Crippen MR) is 68.3 cm³/mol. The molecule has 0 unspecified atom stereocenters. The molecule has 2 N–H and O–H groups in total. The Bertz CT molecular complexity index is 429. The van der Waals surface area contributed by atoms with Crippen LogP contribution in [-0.4, -0.2) is 36.7 Å². The van der Waals surface area contributed by atoms with E-state index in [1.807, 2.05) is 0 Å². The summed E-state index contributed by atoms with van der Waals surface area (Å²) in [6.07, 6.45) is -0.803. The Morgan fingerprint density at radius 2 is 1.84 bits per heavy atom. The summed E-state index contributed by atoms with van der Waals surface area (Å²) in [5, 5.41) is 10.9. The third kappa shape index (κ3) is 5.29. The second-order valence-electron chi connectivity index (χ2n) is 3.87. The molecule has 104 valence electrons. The molecule has 1 aromatic carbocycles. The van der Waals surface area contributed by atoms with Crippen molar-refractivity contribution in [2.45, 2.75) is 19.4 Å². The molecule has 0 aliphatic rings. The Morgan fingerprint density at radius 1 is 1.26 bits per heavy atom. The number of carbonyl (C=O) groups excluding carboxylic acids is 1. The number of nitrogens with one attached hydrogen (secondary N) is 1. The normalized spacial score (nSPS) is 11.5. The van der Waals surface area contributed by atoms with Gasteiger partial charge in [0.15, 0.2) is 6.10 Å². The second-order valence-corrected chi connectivity index (χ2v) is 3.87. The van der Waals surface area contributed by atoms with Gasteiger partial charge in [-0.2, -0.15) is 0 Å². The van der Waals surface area contributed by atoms with Gasteiger partial charge in [-0.25, -0.2) is 0 Å². The molecule has 1 atom stereocenters. The van der Waals surface area contributed by atoms with Crippen LogP contribution in [0.25, 0.3) is 0 Å². The minimum atomic E-state index is -0.955. The van der Waals surface area contributed by atoms with Crippen molar-refractivity contribution in [2.75, 3.05) is 13.7 Å². The molecule has 0 aliphatic heterocycles. The average molecular weight is 267 g/mol. The highest BCUT2D eigenvalue weighted by Gasteiger charge is 2.14. The smallest absolute Gasteiger partial charge is 0.305 e. The van der Waals surface area contributed by atoms with E-state index in [0.717, 1.165) is 0 Å². The van der Waals surface area contributed by atoms with Crippen molar-refractivity contribution in [3.8, 4) is 11.5 Å². The molecule has 0 aromatic heterocycles. The molecule has 6 nitrogen and oxygen atoms in total. The highest BCUT2D eigenvalue weighted by molar-refractivity contribution is 5.81. The lowest BCUT2D eigenvalue weighted by Gasteiger charge is -2.14. The molecule has 0 radical (unpaired) electrons. The number of hydrogen-bond donors (Lipinski definition) is 2. The van der Waals surface area contributed by atoms with Crippen LogP contribution in [0.2, 0.25) is 0 Å². The fraction of sp³-hybridized carbons (Fsp3) is 0.385. The van der Waals surface area contributed by atoms with Crippen LogP contribution in [0.3, 0.4) is 0 Å². The van der Waals surface area contributed by atoms with Crippen LogP contribution in [0.4, 0.5) is 0 Å². The monoisotopic (exact) mass is 267 g/mol. The number of rotatable bonds is 7. The molecule has 0 saturated carbocycles. The summed E-state index contributed by atoms with van der Waals surface area (Å²) in [5.74, 6) is -0.0614. The van der Waals surface area contributed by atoms with Crippen LogP contribution >= 0.6 is 0 Å². The number of methoxy groups -OCH3 is 1. The number of aliphatic carboxylic acids is 1. The Hall–Kier alpha value is -2.24. The molecule has 19 heavy (non-hydrogen) atoms. The van der Waals surface area contributed by atoms with E-state index in [4.69, 9.17) is 14.6 Å². The number of benzene rings is 1. The largest absolute Gasteiger partial charge is 0.497 e. The number of carboxylic acid groups (broad SMARTS) is 1. The first-order chi connectivity index (χ1) is 9.02. The fourth-order valence-corrected chi connectivity index (χ4v) is 1.35. The van der Waals surface area contributed by atoms with Gasteiger partial charge in [0.05, 0.1) is 13.5 Å². The highest BCUT2D eigenvalue weighted by atomic mass is 16.5. The van der Waals surface area contributed by atoms with E-state index in [1.54, 1.807) is 38.3 Å². The Kier molecular flexibility index (Phi) is 5.66. The van der Waals surface area contributed by atoms with E-state index in [0.29, 0.717) is 11.5 Å². The van der Waals surface area contributed by atoms with Gasteiger partial charge in [0, 0.05) is 6.54 Å². The van der Waals surface area contributed by atoms with E-state index in [9.17, 15) is 9.59 Å². The van der Waals surface area contributed by atoms with Crippen molar-refractivity contribution in [3.63, 3.8) is 0 Å². The van der Waals surface area contributed by atoms with Gasteiger partial charge < -0.3 is 19.9 Å². The first-order valence-electron chi connectivity index (χ1n) is 5.83. The van der Waals surface area contributed by atoms with Crippen molar-refractivity contribution in [3.05, 3.63) is 24.3 Å². The zero-order chi connectivity index (χ0) is 14.3. The van der Waals surface area contributed by atoms with Crippen molar-refractivity contribution in [1.82, 2.24) is 5.32 Å². The van der Waals surface area contributed by atoms with Gasteiger partial charge in [-0.3, -0.25) is 9.59 Å². The van der Waals surface area contributed by atoms with Crippen LogP contribution in [-0.2, 0) is 9.59 Å². The maximum absolute atomic E-state index is 11.6. The van der Waals surface area contributed by atoms with Crippen LogP contribution in [0.1, 0.15) is 13.3 Å². The van der Waals surface area contributed by atoms with Crippen molar-refractivity contribution in [1.29, 1.82) is 0 Å². The Morgan fingerprint density at radius 3 is 2.37 bits per heavy atom. The lowest BCUT2D eigenvalue weighted by molar-refractivity contribution is -0.137. The van der Waals surface area contributed by atoms with E-state index < -0.39 is 12.1 Å². The maximum Gasteiger partial charge on any atom is 0.305 e. The van der Waals surface area contributed by atoms with E-state index in [1.165, 1.54) is 0 Å². The first-order valence-corrected chi connectivity index (χ1v) is 5.83. The number of hydrogen-bond acceptors (Lipinski definition) is 4. The lowest BCUT2D eigenvalue weighted by atomic mass is 10.3. The average Bonchev–Trinajstić information content (AvgIpc) is 2.39. The minimum absolute atomic E-state index is 0.0878. The van der Waals surface area contributed by atoms with Gasteiger partial charge in [0.1, 0.15) is 11.5 Å². The summed E-state index contributed by atoms with van der Waals surface area (Å²) in [6.45, 7) is 1.69. The fourth-order valence-electron chi connectivity index (χ4n) is 1.35. The molecule has 1 amide bonds. The molecule has 1 aromatic rings. The van der Waals surface area contributed by atoms with Gasteiger partial charge in [0.2, 0.25) is 0 Å². The van der Waals surface area contributed by atoms with E-state index in [2.05, 4.69) is 5.32 Å². The van der Waals surface area contributed by atoms with Crippen molar-refractivity contribution >= 4 is 11.9 Å². The lowest BCUT2D eigenvalue weighted by Crippen LogP contribution is -2.37. The molecule has 0 spiro atoms. The van der Waals surface area contributed by atoms with Gasteiger partial charge in [-0.1, -0.05) is 0 Å². The minimum Gasteiger partial charge on any atom is -0.497 e. The maximum atomic E-state index is 11.6. The molecule has 6 heteroatoms.